The molecule has 0 radical (unpaired) electrons. The summed E-state index contributed by atoms with van der Waals surface area (Å²) in [6, 6.07) is 10.3. The fourth-order valence-corrected chi connectivity index (χ4v) is 2.97. The number of hydrogen-bond donors (Lipinski definition) is 2. The van der Waals surface area contributed by atoms with Crippen LogP contribution in [0.4, 0.5) is 5.69 Å². The highest BCUT2D eigenvalue weighted by Crippen LogP contribution is 2.16. The minimum Gasteiger partial charge on any atom is -0.408 e. The zero-order valence-electron chi connectivity index (χ0n) is 14.5. The SMILES string of the molecule is Cc1cccc2c(=O)n(CCC(=O)Nc3ccc4oc(=O)[nH]c4c3)cnc12. The molecule has 0 fully saturated rings. The summed E-state index contributed by atoms with van der Waals surface area (Å²) in [7, 11) is 0. The van der Waals surface area contributed by atoms with Crippen LogP contribution in [0, 0.1) is 6.92 Å². The molecule has 2 aromatic heterocycles. The van der Waals surface area contributed by atoms with Gasteiger partial charge in [0.2, 0.25) is 5.91 Å². The Bertz CT molecular complexity index is 1280. The summed E-state index contributed by atoms with van der Waals surface area (Å²) >= 11 is 0. The number of carbonyl (C=O) groups is 1. The van der Waals surface area contributed by atoms with Crippen molar-refractivity contribution in [2.75, 3.05) is 5.32 Å². The maximum absolute atomic E-state index is 12.5. The number of nitrogens with one attached hydrogen (secondary N) is 2. The highest BCUT2D eigenvalue weighted by Gasteiger charge is 2.09. The number of benzene rings is 2. The summed E-state index contributed by atoms with van der Waals surface area (Å²) in [5.41, 5.74) is 2.89. The molecule has 0 spiro atoms. The number of anilines is 1. The Kier molecular flexibility index (Phi) is 4.08. The number of aromatic nitrogens is 3. The smallest absolute Gasteiger partial charge is 0.408 e. The highest BCUT2D eigenvalue weighted by molar-refractivity contribution is 5.92. The molecule has 0 saturated carbocycles. The lowest BCUT2D eigenvalue weighted by atomic mass is 10.1. The minimum atomic E-state index is -0.549. The van der Waals surface area contributed by atoms with Crippen molar-refractivity contribution in [3.8, 4) is 0 Å². The molecule has 0 bridgehead atoms. The molecule has 0 aliphatic carbocycles. The Balaban J connectivity index is 1.48. The molecule has 0 saturated heterocycles. The van der Waals surface area contributed by atoms with E-state index < -0.39 is 5.76 Å². The molecule has 136 valence electrons. The summed E-state index contributed by atoms with van der Waals surface area (Å²) in [5.74, 6) is -0.802. The van der Waals surface area contributed by atoms with Crippen molar-refractivity contribution < 1.29 is 9.21 Å². The number of fused-ring (bicyclic) bond motifs is 2. The van der Waals surface area contributed by atoms with E-state index in [1.165, 1.54) is 10.9 Å². The van der Waals surface area contributed by atoms with Crippen LogP contribution >= 0.6 is 0 Å². The number of amides is 1. The van der Waals surface area contributed by atoms with E-state index in [-0.39, 0.29) is 24.4 Å². The lowest BCUT2D eigenvalue weighted by molar-refractivity contribution is -0.116. The predicted molar refractivity (Wildman–Crippen MR) is 101 cm³/mol. The lowest BCUT2D eigenvalue weighted by Gasteiger charge is -2.08. The fraction of sp³-hybridized carbons (Fsp3) is 0.158. The van der Waals surface area contributed by atoms with Crippen LogP contribution in [0.2, 0.25) is 0 Å². The summed E-state index contributed by atoms with van der Waals surface area (Å²) in [4.78, 5) is 42.8. The van der Waals surface area contributed by atoms with Gasteiger partial charge in [0.05, 0.1) is 22.7 Å². The zero-order valence-corrected chi connectivity index (χ0v) is 14.5. The van der Waals surface area contributed by atoms with E-state index in [1.54, 1.807) is 24.3 Å². The summed E-state index contributed by atoms with van der Waals surface area (Å²) in [6.45, 7) is 2.11. The van der Waals surface area contributed by atoms with Crippen molar-refractivity contribution in [2.24, 2.45) is 0 Å². The molecule has 4 rings (SSSR count). The van der Waals surface area contributed by atoms with Gasteiger partial charge in [-0.25, -0.2) is 9.78 Å². The summed E-state index contributed by atoms with van der Waals surface area (Å²) < 4.78 is 6.35. The molecular formula is C19H16N4O4. The predicted octanol–water partition coefficient (Wildman–Crippen LogP) is 2.17. The van der Waals surface area contributed by atoms with E-state index in [9.17, 15) is 14.4 Å². The van der Waals surface area contributed by atoms with E-state index in [0.29, 0.717) is 27.7 Å². The summed E-state index contributed by atoms with van der Waals surface area (Å²) in [6.07, 6.45) is 1.58. The largest absolute Gasteiger partial charge is 0.417 e. The number of oxazole rings is 1. The minimum absolute atomic E-state index is 0.110. The molecule has 1 amide bonds. The van der Waals surface area contributed by atoms with E-state index in [4.69, 9.17) is 4.42 Å². The van der Waals surface area contributed by atoms with Gasteiger partial charge in [-0.1, -0.05) is 12.1 Å². The first-order valence-corrected chi connectivity index (χ1v) is 8.39. The molecule has 0 aliphatic rings. The van der Waals surface area contributed by atoms with Crippen LogP contribution in [-0.4, -0.2) is 20.4 Å². The topological polar surface area (TPSA) is 110 Å². The van der Waals surface area contributed by atoms with Crippen LogP contribution in [0.3, 0.4) is 0 Å². The maximum atomic E-state index is 12.5. The number of aryl methyl sites for hydroxylation is 2. The van der Waals surface area contributed by atoms with Crippen LogP contribution in [-0.2, 0) is 11.3 Å². The third-order valence-electron chi connectivity index (χ3n) is 4.34. The van der Waals surface area contributed by atoms with Crippen LogP contribution in [0.5, 0.6) is 0 Å². The third kappa shape index (κ3) is 3.24. The molecule has 2 heterocycles. The molecule has 0 unspecified atom stereocenters. The number of carbonyl (C=O) groups excluding carboxylic acids is 1. The average molecular weight is 364 g/mol. The Morgan fingerprint density at radius 2 is 2.11 bits per heavy atom. The second-order valence-electron chi connectivity index (χ2n) is 6.24. The van der Waals surface area contributed by atoms with Gasteiger partial charge in [0.1, 0.15) is 0 Å². The quantitative estimate of drug-likeness (QED) is 0.577. The van der Waals surface area contributed by atoms with Gasteiger partial charge in [0.25, 0.3) is 5.56 Å². The first-order chi connectivity index (χ1) is 13.0. The van der Waals surface area contributed by atoms with Crippen molar-refractivity contribution in [3.05, 3.63) is 69.2 Å². The van der Waals surface area contributed by atoms with Gasteiger partial charge in [0, 0.05) is 18.7 Å². The van der Waals surface area contributed by atoms with Gasteiger partial charge in [-0.2, -0.15) is 0 Å². The molecule has 4 aromatic rings. The molecular weight excluding hydrogens is 348 g/mol. The van der Waals surface area contributed by atoms with Crippen molar-refractivity contribution in [1.29, 1.82) is 0 Å². The molecule has 2 aromatic carbocycles. The standard InChI is InChI=1S/C19H16N4O4/c1-11-3-2-4-13-17(11)20-10-23(18(13)25)8-7-16(24)21-12-5-6-15-14(9-12)22-19(26)27-15/h2-6,9-10H,7-8H2,1H3,(H,21,24)(H,22,26). The zero-order chi connectivity index (χ0) is 19.0. The lowest BCUT2D eigenvalue weighted by Crippen LogP contribution is -2.23. The van der Waals surface area contributed by atoms with E-state index >= 15 is 0 Å². The van der Waals surface area contributed by atoms with Gasteiger partial charge in [-0.05, 0) is 36.8 Å². The van der Waals surface area contributed by atoms with Gasteiger partial charge >= 0.3 is 5.76 Å². The molecule has 8 heteroatoms. The Labute approximate surface area is 152 Å². The summed E-state index contributed by atoms with van der Waals surface area (Å²) in [5, 5.41) is 3.28. The Hall–Kier alpha value is -3.68. The number of hydrogen-bond acceptors (Lipinski definition) is 5. The van der Waals surface area contributed by atoms with Crippen LogP contribution in [0.1, 0.15) is 12.0 Å². The molecule has 27 heavy (non-hydrogen) atoms. The number of aromatic amines is 1. The van der Waals surface area contributed by atoms with Crippen molar-refractivity contribution >= 4 is 33.6 Å². The third-order valence-corrected chi connectivity index (χ3v) is 4.34. The molecule has 0 atom stereocenters. The second-order valence-corrected chi connectivity index (χ2v) is 6.24. The Morgan fingerprint density at radius 3 is 2.96 bits per heavy atom. The van der Waals surface area contributed by atoms with Gasteiger partial charge < -0.3 is 9.73 Å². The monoisotopic (exact) mass is 364 g/mol. The van der Waals surface area contributed by atoms with Gasteiger partial charge in [-0.15, -0.1) is 0 Å². The number of rotatable bonds is 4. The van der Waals surface area contributed by atoms with E-state index in [1.807, 2.05) is 19.1 Å². The van der Waals surface area contributed by atoms with Crippen molar-refractivity contribution in [2.45, 2.75) is 19.9 Å². The Morgan fingerprint density at radius 1 is 1.26 bits per heavy atom. The number of para-hydroxylation sites is 1. The van der Waals surface area contributed by atoms with E-state index in [2.05, 4.69) is 15.3 Å². The van der Waals surface area contributed by atoms with Crippen molar-refractivity contribution in [3.63, 3.8) is 0 Å². The van der Waals surface area contributed by atoms with Crippen LogP contribution in [0.15, 0.2) is 56.7 Å². The average Bonchev–Trinajstić information content (AvgIpc) is 3.01. The maximum Gasteiger partial charge on any atom is 0.417 e. The number of nitrogens with zero attached hydrogens (tertiary/aromatic N) is 2. The second kappa shape index (κ2) is 6.56. The normalized spacial score (nSPS) is 11.1. The van der Waals surface area contributed by atoms with Gasteiger partial charge in [-0.3, -0.25) is 19.1 Å². The molecule has 8 nitrogen and oxygen atoms in total. The first-order valence-electron chi connectivity index (χ1n) is 8.39. The van der Waals surface area contributed by atoms with Gasteiger partial charge in [0.15, 0.2) is 5.58 Å². The van der Waals surface area contributed by atoms with Crippen LogP contribution < -0.4 is 16.6 Å². The van der Waals surface area contributed by atoms with Crippen LogP contribution in [0.25, 0.3) is 22.0 Å². The molecule has 0 aliphatic heterocycles. The van der Waals surface area contributed by atoms with Crippen molar-refractivity contribution in [1.82, 2.24) is 14.5 Å². The highest BCUT2D eigenvalue weighted by atomic mass is 16.4. The first kappa shape index (κ1) is 16.8. The van der Waals surface area contributed by atoms with E-state index in [0.717, 1.165) is 5.56 Å². The molecule has 2 N–H and O–H groups in total. The fourth-order valence-electron chi connectivity index (χ4n) is 2.97. The number of H-pyrrole nitrogens is 1.